The molecule has 0 radical (unpaired) electrons. The highest BCUT2D eigenvalue weighted by molar-refractivity contribution is 6.24. The first kappa shape index (κ1) is 15.4. The van der Waals surface area contributed by atoms with Gasteiger partial charge in [0.2, 0.25) is 0 Å². The Labute approximate surface area is 113 Å². The van der Waals surface area contributed by atoms with E-state index in [-0.39, 0.29) is 35.4 Å². The van der Waals surface area contributed by atoms with E-state index in [0.29, 0.717) is 18.6 Å². The molecule has 1 N–H and O–H groups in total. The molecule has 5 heteroatoms. The lowest BCUT2D eigenvalue weighted by molar-refractivity contribution is -0.140. The standard InChI is InChI=1S/C14H21NO4/c1-14(2)7-9(15-3)13(11(17)8-14)10(16)5-6-12(18)19-4/h16H,5-8H2,1-4H3/b13-10-,15-9?. The van der Waals surface area contributed by atoms with Gasteiger partial charge < -0.3 is 9.84 Å². The van der Waals surface area contributed by atoms with Crippen molar-refractivity contribution in [2.45, 2.75) is 39.5 Å². The molecular formula is C14H21NO4. The molecule has 1 fully saturated rings. The predicted molar refractivity (Wildman–Crippen MR) is 72.3 cm³/mol. The first-order chi connectivity index (χ1) is 8.80. The molecule has 1 aliphatic rings. The van der Waals surface area contributed by atoms with Crippen molar-refractivity contribution >= 4 is 17.5 Å². The van der Waals surface area contributed by atoms with E-state index in [0.717, 1.165) is 0 Å². The second-order valence-corrected chi connectivity index (χ2v) is 5.51. The summed E-state index contributed by atoms with van der Waals surface area (Å²) in [6.07, 6.45) is 1.18. The zero-order valence-corrected chi connectivity index (χ0v) is 11.9. The van der Waals surface area contributed by atoms with Crippen molar-refractivity contribution in [3.05, 3.63) is 11.3 Å². The molecule has 0 unspecified atom stereocenters. The van der Waals surface area contributed by atoms with E-state index in [4.69, 9.17) is 0 Å². The van der Waals surface area contributed by atoms with Crippen LogP contribution in [0.4, 0.5) is 0 Å². The molecule has 5 nitrogen and oxygen atoms in total. The van der Waals surface area contributed by atoms with Gasteiger partial charge in [-0.15, -0.1) is 0 Å². The fraction of sp³-hybridized carbons (Fsp3) is 0.643. The first-order valence-corrected chi connectivity index (χ1v) is 6.29. The van der Waals surface area contributed by atoms with Gasteiger partial charge in [0.05, 0.1) is 19.1 Å². The minimum atomic E-state index is -0.411. The largest absolute Gasteiger partial charge is 0.511 e. The van der Waals surface area contributed by atoms with Crippen molar-refractivity contribution in [2.75, 3.05) is 14.2 Å². The van der Waals surface area contributed by atoms with Gasteiger partial charge >= 0.3 is 5.97 Å². The molecule has 106 valence electrons. The summed E-state index contributed by atoms with van der Waals surface area (Å²) >= 11 is 0. The quantitative estimate of drug-likeness (QED) is 0.483. The van der Waals surface area contributed by atoms with Crippen LogP contribution in [0.3, 0.4) is 0 Å². The van der Waals surface area contributed by atoms with Crippen molar-refractivity contribution in [1.82, 2.24) is 0 Å². The fourth-order valence-electron chi connectivity index (χ4n) is 2.25. The molecular weight excluding hydrogens is 246 g/mol. The van der Waals surface area contributed by atoms with E-state index in [1.807, 2.05) is 13.8 Å². The van der Waals surface area contributed by atoms with Gasteiger partial charge in [-0.1, -0.05) is 13.8 Å². The highest BCUT2D eigenvalue weighted by atomic mass is 16.5. The van der Waals surface area contributed by atoms with Crippen LogP contribution in [0.25, 0.3) is 0 Å². The maximum atomic E-state index is 12.1. The number of ether oxygens (including phenoxy) is 1. The molecule has 0 saturated heterocycles. The number of esters is 1. The molecule has 0 aromatic rings. The number of carbonyl (C=O) groups is 2. The molecule has 0 bridgehead atoms. The molecule has 0 spiro atoms. The summed E-state index contributed by atoms with van der Waals surface area (Å²) in [5.74, 6) is -0.587. The summed E-state index contributed by atoms with van der Waals surface area (Å²) in [6, 6.07) is 0. The van der Waals surface area contributed by atoms with Gasteiger partial charge in [0.1, 0.15) is 5.76 Å². The van der Waals surface area contributed by atoms with Crippen molar-refractivity contribution in [3.63, 3.8) is 0 Å². The van der Waals surface area contributed by atoms with Crippen LogP contribution in [-0.4, -0.2) is 36.7 Å². The van der Waals surface area contributed by atoms with E-state index in [1.54, 1.807) is 7.05 Å². The average molecular weight is 267 g/mol. The second-order valence-electron chi connectivity index (χ2n) is 5.51. The molecule has 0 heterocycles. The highest BCUT2D eigenvalue weighted by Gasteiger charge is 2.35. The van der Waals surface area contributed by atoms with E-state index < -0.39 is 5.97 Å². The third kappa shape index (κ3) is 3.91. The maximum Gasteiger partial charge on any atom is 0.305 e. The molecule has 1 aliphatic carbocycles. The van der Waals surface area contributed by atoms with Crippen molar-refractivity contribution in [1.29, 1.82) is 0 Å². The number of allylic oxidation sites excluding steroid dienone is 2. The number of Topliss-reactive ketones (excluding diaryl/α,β-unsaturated/α-hetero) is 1. The third-order valence-corrected chi connectivity index (χ3v) is 3.20. The van der Waals surface area contributed by atoms with Gasteiger partial charge in [-0.2, -0.15) is 0 Å². The first-order valence-electron chi connectivity index (χ1n) is 6.29. The Hall–Kier alpha value is -1.65. The van der Waals surface area contributed by atoms with E-state index in [9.17, 15) is 14.7 Å². The van der Waals surface area contributed by atoms with Gasteiger partial charge in [-0.25, -0.2) is 0 Å². The Kier molecular flexibility index (Phi) is 4.86. The summed E-state index contributed by atoms with van der Waals surface area (Å²) in [5, 5.41) is 10.0. The summed E-state index contributed by atoms with van der Waals surface area (Å²) in [4.78, 5) is 27.3. The normalized spacial score (nSPS) is 23.4. The maximum absolute atomic E-state index is 12.1. The smallest absolute Gasteiger partial charge is 0.305 e. The third-order valence-electron chi connectivity index (χ3n) is 3.20. The number of ketones is 1. The topological polar surface area (TPSA) is 76.0 Å². The second kappa shape index (κ2) is 5.99. The Bertz CT molecular complexity index is 446. The van der Waals surface area contributed by atoms with Crippen LogP contribution in [0, 0.1) is 5.41 Å². The van der Waals surface area contributed by atoms with Gasteiger partial charge in [0.15, 0.2) is 5.78 Å². The Morgan fingerprint density at radius 3 is 2.53 bits per heavy atom. The van der Waals surface area contributed by atoms with Crippen LogP contribution in [-0.2, 0) is 14.3 Å². The fourth-order valence-corrected chi connectivity index (χ4v) is 2.25. The summed E-state index contributed by atoms with van der Waals surface area (Å²) in [6.45, 7) is 4.00. The van der Waals surface area contributed by atoms with Crippen LogP contribution in [0.2, 0.25) is 0 Å². The number of rotatable bonds is 3. The van der Waals surface area contributed by atoms with Gasteiger partial charge in [0, 0.05) is 25.6 Å². The predicted octanol–water partition coefficient (Wildman–Crippen LogP) is 2.21. The lowest BCUT2D eigenvalue weighted by Gasteiger charge is -2.31. The molecule has 1 saturated carbocycles. The Balaban J connectivity index is 2.96. The lowest BCUT2D eigenvalue weighted by Crippen LogP contribution is -2.32. The van der Waals surface area contributed by atoms with E-state index >= 15 is 0 Å². The molecule has 0 aliphatic heterocycles. The van der Waals surface area contributed by atoms with E-state index in [1.165, 1.54) is 7.11 Å². The van der Waals surface area contributed by atoms with Gasteiger partial charge in [-0.3, -0.25) is 14.6 Å². The number of nitrogens with zero attached hydrogens (tertiary/aromatic N) is 1. The molecule has 1 rings (SSSR count). The minimum absolute atomic E-state index is 0.0551. The van der Waals surface area contributed by atoms with Crippen LogP contribution in [0.15, 0.2) is 16.3 Å². The summed E-state index contributed by atoms with van der Waals surface area (Å²) < 4.78 is 4.51. The number of aliphatic imine (C=N–C) groups is 1. The molecule has 0 amide bonds. The number of hydrogen-bond donors (Lipinski definition) is 1. The highest BCUT2D eigenvalue weighted by Crippen LogP contribution is 2.35. The van der Waals surface area contributed by atoms with Crippen LogP contribution in [0.5, 0.6) is 0 Å². The lowest BCUT2D eigenvalue weighted by atomic mass is 9.73. The van der Waals surface area contributed by atoms with Gasteiger partial charge in [0.25, 0.3) is 0 Å². The number of aliphatic hydroxyl groups excluding tert-OH is 1. The Morgan fingerprint density at radius 1 is 1.37 bits per heavy atom. The molecule has 0 aromatic heterocycles. The molecule has 0 aromatic carbocycles. The van der Waals surface area contributed by atoms with Crippen molar-refractivity contribution in [3.8, 4) is 0 Å². The van der Waals surface area contributed by atoms with Crippen molar-refractivity contribution < 1.29 is 19.4 Å². The van der Waals surface area contributed by atoms with Crippen LogP contribution >= 0.6 is 0 Å². The number of methoxy groups -OCH3 is 1. The number of hydrogen-bond acceptors (Lipinski definition) is 5. The van der Waals surface area contributed by atoms with Crippen molar-refractivity contribution in [2.24, 2.45) is 10.4 Å². The van der Waals surface area contributed by atoms with Gasteiger partial charge in [-0.05, 0) is 11.8 Å². The number of carbonyl (C=O) groups excluding carboxylic acids is 2. The zero-order chi connectivity index (χ0) is 14.6. The molecule has 19 heavy (non-hydrogen) atoms. The zero-order valence-electron chi connectivity index (χ0n) is 11.9. The minimum Gasteiger partial charge on any atom is -0.511 e. The Morgan fingerprint density at radius 2 is 2.00 bits per heavy atom. The number of aliphatic hydroxyl groups is 1. The SMILES string of the molecule is CN=C1CC(C)(C)CC(=O)/C1=C(\O)CCC(=O)OC. The van der Waals surface area contributed by atoms with Crippen LogP contribution in [0.1, 0.15) is 39.5 Å². The van der Waals surface area contributed by atoms with E-state index in [2.05, 4.69) is 9.73 Å². The summed E-state index contributed by atoms with van der Waals surface area (Å²) in [5.41, 5.74) is 0.757. The average Bonchev–Trinajstić information content (AvgIpc) is 2.33. The molecule has 0 atom stereocenters. The van der Waals surface area contributed by atoms with Crippen LogP contribution < -0.4 is 0 Å². The monoisotopic (exact) mass is 267 g/mol. The summed E-state index contributed by atoms with van der Waals surface area (Å²) in [7, 11) is 2.90.